The van der Waals surface area contributed by atoms with Crippen LogP contribution in [-0.4, -0.2) is 26.3 Å². The molecule has 244 valence electrons. The summed E-state index contributed by atoms with van der Waals surface area (Å²) >= 11 is -0.556. The first-order chi connectivity index (χ1) is 22.0. The molecule has 5 unspecified atom stereocenters. The Kier molecular flexibility index (Phi) is 10.8. The minimum atomic E-state index is -2.95. The molecule has 4 aromatic carbocycles. The summed E-state index contributed by atoms with van der Waals surface area (Å²) in [5, 5.41) is 16.5. The molecule has 47 heavy (non-hydrogen) atoms. The van der Waals surface area contributed by atoms with E-state index in [4.69, 9.17) is 18.6 Å². The van der Waals surface area contributed by atoms with E-state index in [9.17, 15) is 5.11 Å². The minimum absolute atomic E-state index is 0. The van der Waals surface area contributed by atoms with Gasteiger partial charge >= 0.3 is 35.6 Å². The van der Waals surface area contributed by atoms with Gasteiger partial charge in [0.25, 0.3) is 0 Å². The van der Waals surface area contributed by atoms with Crippen molar-refractivity contribution in [1.82, 2.24) is 0 Å². The second kappa shape index (κ2) is 14.1. The Labute approximate surface area is 300 Å². The van der Waals surface area contributed by atoms with Crippen molar-refractivity contribution in [2.24, 2.45) is 11.8 Å². The van der Waals surface area contributed by atoms with E-state index >= 15 is 0 Å². The first-order valence-corrected chi connectivity index (χ1v) is 22.5. The molecule has 2 nitrogen and oxygen atoms in total. The third-order valence-corrected chi connectivity index (χ3v) is 16.1. The first kappa shape index (κ1) is 35.8. The molecule has 0 radical (unpaired) electrons. The number of hydrogen-bond acceptors (Lipinski definition) is 2. The average Bonchev–Trinajstić information content (AvgIpc) is 3.52. The molecule has 1 aliphatic heterocycles. The third-order valence-electron chi connectivity index (χ3n) is 10.6. The van der Waals surface area contributed by atoms with Crippen molar-refractivity contribution in [2.75, 3.05) is 11.9 Å². The molecule has 4 aromatic rings. The van der Waals surface area contributed by atoms with Crippen LogP contribution in [0.25, 0.3) is 0 Å². The standard InChI is InChI=1S/C40H43NOSi.CH3.2ClH.Ti/c1-26-21-22-34-32(23-26)36-37(41(34)6)30-19-13-14-20-31(30)39(36)43(28-15-9-7-10-16-28,29-17-11-8-12-18-29)35-25-27(2)24-33(38(35)42)40(3,4)5;;;;/h7-25,30-31,36-37,39,42H,1-6H3;1H3;2*1H;/q;-1;;;+2/p-2. The summed E-state index contributed by atoms with van der Waals surface area (Å²) in [6.45, 7) is 11.1. The van der Waals surface area contributed by atoms with Gasteiger partial charge in [0.1, 0.15) is 5.75 Å². The first-order valence-electron chi connectivity index (χ1n) is 16.2. The zero-order valence-corrected chi connectivity index (χ0v) is 32.6. The molecule has 7 rings (SSSR count). The average molecular weight is 716 g/mol. The summed E-state index contributed by atoms with van der Waals surface area (Å²) in [5.41, 5.74) is 6.50. The molecule has 2 aliphatic carbocycles. The number of benzene rings is 4. The SMILES string of the molecule is Cc1ccc2c(c1)C1C(C3C=CC=CC3C1[Si](c1ccccc1)(c1ccccc1)c1cc(C)cc(C(C)(C)C)c1O)N2C.[CH3-].[Cl][Ti][Cl]. The van der Waals surface area contributed by atoms with E-state index in [1.807, 2.05) is 0 Å². The number of halogens is 2. The van der Waals surface area contributed by atoms with Crippen molar-refractivity contribution in [2.45, 2.75) is 57.5 Å². The molecular formula is C41H46Cl2NOSiTi-. The number of rotatable bonds is 4. The van der Waals surface area contributed by atoms with Crippen LogP contribution < -0.4 is 20.5 Å². The molecule has 0 saturated heterocycles. The van der Waals surface area contributed by atoms with Crippen LogP contribution >= 0.6 is 18.6 Å². The van der Waals surface area contributed by atoms with Gasteiger partial charge in [-0.3, -0.25) is 0 Å². The Bertz CT molecular complexity index is 1730. The molecule has 5 atom stereocenters. The number of aryl methyl sites for hydroxylation is 2. The van der Waals surface area contributed by atoms with E-state index < -0.39 is 25.1 Å². The number of hydrogen-bond donors (Lipinski definition) is 1. The molecule has 1 saturated carbocycles. The van der Waals surface area contributed by atoms with Crippen LogP contribution in [-0.2, 0) is 22.4 Å². The third kappa shape index (κ3) is 6.02. The van der Waals surface area contributed by atoms with E-state index in [1.165, 1.54) is 32.8 Å². The fourth-order valence-electron chi connectivity index (χ4n) is 8.99. The quantitative estimate of drug-likeness (QED) is 0.130. The molecule has 3 aliphatic rings. The summed E-state index contributed by atoms with van der Waals surface area (Å²) in [5.74, 6) is 1.56. The Morgan fingerprint density at radius 1 is 0.766 bits per heavy atom. The van der Waals surface area contributed by atoms with Crippen molar-refractivity contribution < 1.29 is 22.1 Å². The normalized spacial score (nSPS) is 22.4. The van der Waals surface area contributed by atoms with Crippen molar-refractivity contribution >= 4 is 47.9 Å². The number of likely N-dealkylation sites (N-methyl/N-ethyl adjacent to an activating group) is 1. The summed E-state index contributed by atoms with van der Waals surface area (Å²) < 4.78 is 0. The zero-order chi connectivity index (χ0) is 32.8. The Balaban J connectivity index is 0.00000105. The summed E-state index contributed by atoms with van der Waals surface area (Å²) in [7, 11) is 9.14. The predicted octanol–water partition coefficient (Wildman–Crippen LogP) is 8.95. The Morgan fingerprint density at radius 2 is 1.32 bits per heavy atom. The number of aromatic hydroxyl groups is 1. The van der Waals surface area contributed by atoms with Gasteiger partial charge in [0.2, 0.25) is 0 Å². The van der Waals surface area contributed by atoms with E-state index in [1.54, 1.807) is 0 Å². The van der Waals surface area contributed by atoms with Crippen molar-refractivity contribution in [3.63, 3.8) is 0 Å². The fourth-order valence-corrected chi connectivity index (χ4v) is 15.3. The van der Waals surface area contributed by atoms with Crippen LogP contribution in [0.4, 0.5) is 5.69 Å². The van der Waals surface area contributed by atoms with E-state index in [-0.39, 0.29) is 12.8 Å². The zero-order valence-electron chi connectivity index (χ0n) is 28.5. The van der Waals surface area contributed by atoms with Crippen LogP contribution in [0.15, 0.2) is 115 Å². The summed E-state index contributed by atoms with van der Waals surface area (Å²) in [6, 6.07) is 34.5. The van der Waals surface area contributed by atoms with Gasteiger partial charge in [-0.2, -0.15) is 0 Å². The summed E-state index contributed by atoms with van der Waals surface area (Å²) in [6.07, 6.45) is 9.52. The predicted molar refractivity (Wildman–Crippen MR) is 202 cm³/mol. The second-order valence-electron chi connectivity index (χ2n) is 14.2. The van der Waals surface area contributed by atoms with E-state index in [0.29, 0.717) is 35.1 Å². The Morgan fingerprint density at radius 3 is 1.87 bits per heavy atom. The molecule has 1 N–H and O–H groups in total. The maximum absolute atomic E-state index is 12.6. The van der Waals surface area contributed by atoms with Crippen LogP contribution in [0.5, 0.6) is 5.75 Å². The molecule has 1 fully saturated rings. The molecular weight excluding hydrogens is 669 g/mol. The van der Waals surface area contributed by atoms with Crippen LogP contribution in [0.3, 0.4) is 0 Å². The van der Waals surface area contributed by atoms with Gasteiger partial charge in [-0.25, -0.2) is 0 Å². The van der Waals surface area contributed by atoms with Gasteiger partial charge in [0.05, 0.1) is 0 Å². The maximum atomic E-state index is 12.6. The summed E-state index contributed by atoms with van der Waals surface area (Å²) in [4.78, 5) is 2.58. The number of anilines is 1. The van der Waals surface area contributed by atoms with Crippen LogP contribution in [0, 0.1) is 33.1 Å². The van der Waals surface area contributed by atoms with Crippen molar-refractivity contribution in [3.05, 3.63) is 145 Å². The van der Waals surface area contributed by atoms with E-state index in [2.05, 4.69) is 162 Å². The second-order valence-corrected chi connectivity index (χ2v) is 20.8. The molecule has 0 bridgehead atoms. The van der Waals surface area contributed by atoms with Gasteiger partial charge in [-0.05, 0) is 63.5 Å². The Hall–Kier alpha value is -2.53. The van der Waals surface area contributed by atoms with E-state index in [0.717, 1.165) is 10.8 Å². The molecule has 0 spiro atoms. The van der Waals surface area contributed by atoms with Crippen molar-refractivity contribution in [3.8, 4) is 5.75 Å². The molecule has 1 heterocycles. The number of phenolic OH excluding ortho intramolecular Hbond substituents is 1. The molecule has 0 aromatic heterocycles. The van der Waals surface area contributed by atoms with Gasteiger partial charge in [-0.1, -0.05) is 141 Å². The van der Waals surface area contributed by atoms with Gasteiger partial charge in [-0.15, -0.1) is 0 Å². The van der Waals surface area contributed by atoms with Gasteiger partial charge in [0, 0.05) is 30.6 Å². The van der Waals surface area contributed by atoms with Crippen LogP contribution in [0.1, 0.15) is 48.9 Å². The number of phenols is 1. The number of nitrogens with zero attached hydrogens (tertiary/aromatic N) is 1. The monoisotopic (exact) mass is 714 g/mol. The van der Waals surface area contributed by atoms with Gasteiger partial charge < -0.3 is 17.4 Å². The molecule has 0 amide bonds. The van der Waals surface area contributed by atoms with Crippen LogP contribution in [0.2, 0.25) is 5.54 Å². The van der Waals surface area contributed by atoms with Crippen molar-refractivity contribution in [1.29, 1.82) is 0 Å². The molecule has 6 heteroatoms. The van der Waals surface area contributed by atoms with Gasteiger partial charge in [0.15, 0.2) is 8.07 Å². The topological polar surface area (TPSA) is 23.5 Å². The number of allylic oxidation sites excluding steroid dienone is 3. The fraction of sp³-hybridized carbons (Fsp3) is 0.293. The number of fused-ring (bicyclic) bond motifs is 5.